The van der Waals surface area contributed by atoms with Gasteiger partial charge in [-0.1, -0.05) is 30.3 Å². The normalized spacial score (nSPS) is 26.1. The van der Waals surface area contributed by atoms with Crippen LogP contribution in [0.15, 0.2) is 42.5 Å². The van der Waals surface area contributed by atoms with Crippen LogP contribution in [0.4, 0.5) is 0 Å². The van der Waals surface area contributed by atoms with Crippen molar-refractivity contribution in [2.45, 2.75) is 37.5 Å². The number of Topliss-reactive ketones (excluding diaryl/α,β-unsaturated/α-hetero) is 1. The number of epoxide rings is 1. The number of likely N-dealkylation sites (tertiary alicyclic amines) is 1. The Morgan fingerprint density at radius 3 is 2.45 bits per heavy atom. The Hall–Kier alpha value is -2.37. The van der Waals surface area contributed by atoms with Gasteiger partial charge in [0.15, 0.2) is 22.9 Å². The van der Waals surface area contributed by atoms with Gasteiger partial charge in [0.25, 0.3) is 0 Å². The monoisotopic (exact) mass is 393 g/mol. The molecule has 0 saturated carbocycles. The molecule has 2 aromatic carbocycles. The van der Waals surface area contributed by atoms with Crippen molar-refractivity contribution in [3.05, 3.63) is 59.2 Å². The quantitative estimate of drug-likeness (QED) is 0.694. The van der Waals surface area contributed by atoms with Crippen molar-refractivity contribution < 1.29 is 19.0 Å². The molecular weight excluding hydrogens is 366 g/mol. The zero-order chi connectivity index (χ0) is 20.0. The Labute approximate surface area is 171 Å². The Bertz CT molecular complexity index is 920. The third-order valence-electron chi connectivity index (χ3n) is 6.71. The number of hydrogen-bond donors (Lipinski definition) is 0. The van der Waals surface area contributed by atoms with Crippen LogP contribution in [0, 0.1) is 5.92 Å². The molecule has 29 heavy (non-hydrogen) atoms. The molecule has 2 aromatic rings. The predicted octanol–water partition coefficient (Wildman–Crippen LogP) is 4.01. The molecule has 5 nitrogen and oxygen atoms in total. The molecule has 0 amide bonds. The summed E-state index contributed by atoms with van der Waals surface area (Å²) in [5.41, 5.74) is 2.40. The van der Waals surface area contributed by atoms with Crippen LogP contribution >= 0.6 is 0 Å². The molecule has 0 bridgehead atoms. The number of piperidine rings is 1. The summed E-state index contributed by atoms with van der Waals surface area (Å²) >= 11 is 0. The molecule has 152 valence electrons. The van der Waals surface area contributed by atoms with Crippen LogP contribution in [-0.4, -0.2) is 43.6 Å². The van der Waals surface area contributed by atoms with E-state index in [-0.39, 0.29) is 11.9 Å². The van der Waals surface area contributed by atoms with Crippen LogP contribution in [-0.2, 0) is 11.3 Å². The Morgan fingerprint density at radius 2 is 1.76 bits per heavy atom. The van der Waals surface area contributed by atoms with E-state index in [1.165, 1.54) is 5.56 Å². The molecule has 2 aliphatic heterocycles. The van der Waals surface area contributed by atoms with Crippen molar-refractivity contribution >= 4 is 5.78 Å². The third kappa shape index (κ3) is 3.13. The number of rotatable bonds is 6. The summed E-state index contributed by atoms with van der Waals surface area (Å²) in [6, 6.07) is 14.3. The van der Waals surface area contributed by atoms with Gasteiger partial charge in [-0.3, -0.25) is 9.69 Å². The maximum Gasteiger partial charge on any atom is 0.198 e. The van der Waals surface area contributed by atoms with Crippen molar-refractivity contribution in [3.63, 3.8) is 0 Å². The molecule has 1 aliphatic carbocycles. The van der Waals surface area contributed by atoms with E-state index in [2.05, 4.69) is 35.2 Å². The first kappa shape index (κ1) is 18.6. The van der Waals surface area contributed by atoms with Gasteiger partial charge < -0.3 is 14.2 Å². The highest BCUT2D eigenvalue weighted by Gasteiger charge is 2.68. The highest BCUT2D eigenvalue weighted by molar-refractivity contribution is 6.10. The number of carbonyl (C=O) groups is 1. The molecule has 5 heteroatoms. The maximum absolute atomic E-state index is 13.2. The fourth-order valence-corrected chi connectivity index (χ4v) is 5.07. The van der Waals surface area contributed by atoms with Crippen molar-refractivity contribution in [1.82, 2.24) is 4.90 Å². The van der Waals surface area contributed by atoms with E-state index in [0.717, 1.165) is 50.0 Å². The van der Waals surface area contributed by atoms with E-state index in [0.29, 0.717) is 17.4 Å². The summed E-state index contributed by atoms with van der Waals surface area (Å²) in [5.74, 6) is 1.89. The number of benzene rings is 2. The Kier molecular flexibility index (Phi) is 4.60. The predicted molar refractivity (Wildman–Crippen MR) is 109 cm³/mol. The van der Waals surface area contributed by atoms with Crippen LogP contribution in [0.5, 0.6) is 11.5 Å². The molecule has 0 radical (unpaired) electrons. The van der Waals surface area contributed by atoms with Gasteiger partial charge in [0.05, 0.1) is 14.2 Å². The topological polar surface area (TPSA) is 51.3 Å². The van der Waals surface area contributed by atoms with Gasteiger partial charge in [-0.05, 0) is 61.5 Å². The Morgan fingerprint density at radius 1 is 1.07 bits per heavy atom. The fourth-order valence-electron chi connectivity index (χ4n) is 5.07. The van der Waals surface area contributed by atoms with E-state index >= 15 is 0 Å². The second-order valence-electron chi connectivity index (χ2n) is 8.42. The number of carbonyl (C=O) groups excluding carboxylic acids is 1. The lowest BCUT2D eigenvalue weighted by Crippen LogP contribution is -2.36. The third-order valence-corrected chi connectivity index (χ3v) is 6.71. The number of hydrogen-bond acceptors (Lipinski definition) is 5. The molecule has 2 heterocycles. The second kappa shape index (κ2) is 7.15. The van der Waals surface area contributed by atoms with Crippen LogP contribution in [0.1, 0.15) is 46.9 Å². The van der Waals surface area contributed by atoms with E-state index in [1.54, 1.807) is 14.2 Å². The highest BCUT2D eigenvalue weighted by Crippen LogP contribution is 2.62. The van der Waals surface area contributed by atoms with Gasteiger partial charge >= 0.3 is 0 Å². The molecule has 3 aliphatic rings. The molecule has 2 atom stereocenters. The second-order valence-corrected chi connectivity index (χ2v) is 8.42. The molecule has 0 spiro atoms. The number of fused-ring (bicyclic) bond motifs is 3. The van der Waals surface area contributed by atoms with Crippen molar-refractivity contribution in [2.75, 3.05) is 27.3 Å². The van der Waals surface area contributed by atoms with E-state index in [9.17, 15) is 4.79 Å². The largest absolute Gasteiger partial charge is 0.493 e. The minimum atomic E-state index is -0.647. The van der Waals surface area contributed by atoms with Crippen LogP contribution in [0.3, 0.4) is 0 Å². The summed E-state index contributed by atoms with van der Waals surface area (Å²) in [5, 5.41) is 0. The lowest BCUT2D eigenvalue weighted by Gasteiger charge is -2.32. The lowest BCUT2D eigenvalue weighted by atomic mass is 9.84. The van der Waals surface area contributed by atoms with Gasteiger partial charge in [-0.25, -0.2) is 0 Å². The average molecular weight is 393 g/mol. The lowest BCUT2D eigenvalue weighted by molar-refractivity contribution is 0.0809. The van der Waals surface area contributed by atoms with Gasteiger partial charge in [-0.2, -0.15) is 0 Å². The first-order valence-electron chi connectivity index (χ1n) is 10.4. The number of ketones is 1. The van der Waals surface area contributed by atoms with E-state index < -0.39 is 5.60 Å². The van der Waals surface area contributed by atoms with Crippen molar-refractivity contribution in [1.29, 1.82) is 0 Å². The number of methoxy groups -OCH3 is 2. The number of nitrogens with zero attached hydrogens (tertiary/aromatic N) is 1. The summed E-state index contributed by atoms with van der Waals surface area (Å²) in [6.45, 7) is 3.15. The molecule has 2 unspecified atom stereocenters. The van der Waals surface area contributed by atoms with Crippen molar-refractivity contribution in [3.8, 4) is 11.5 Å². The Balaban J connectivity index is 1.24. The minimum Gasteiger partial charge on any atom is -0.493 e. The summed E-state index contributed by atoms with van der Waals surface area (Å²) < 4.78 is 16.8. The van der Waals surface area contributed by atoms with Crippen LogP contribution in [0.2, 0.25) is 0 Å². The minimum absolute atomic E-state index is 0.116. The van der Waals surface area contributed by atoms with Gasteiger partial charge in [0.1, 0.15) is 6.10 Å². The van der Waals surface area contributed by atoms with Gasteiger partial charge in [-0.15, -0.1) is 0 Å². The molecular formula is C24H27NO4. The summed E-state index contributed by atoms with van der Waals surface area (Å²) in [6.07, 6.45) is 2.92. The SMILES string of the molecule is COc1cc2c(cc1OC)C1OC1(CC1CCN(Cc3ccccc3)CC1)C2=O. The van der Waals surface area contributed by atoms with E-state index in [4.69, 9.17) is 14.2 Å². The van der Waals surface area contributed by atoms with Crippen LogP contribution in [0.25, 0.3) is 0 Å². The first-order valence-corrected chi connectivity index (χ1v) is 10.4. The maximum atomic E-state index is 13.2. The molecule has 2 saturated heterocycles. The number of ether oxygens (including phenoxy) is 3. The molecule has 5 rings (SSSR count). The zero-order valence-corrected chi connectivity index (χ0v) is 17.0. The highest BCUT2D eigenvalue weighted by atomic mass is 16.6. The van der Waals surface area contributed by atoms with Crippen molar-refractivity contribution in [2.24, 2.45) is 5.92 Å². The van der Waals surface area contributed by atoms with E-state index in [1.807, 2.05) is 12.1 Å². The zero-order valence-electron chi connectivity index (χ0n) is 17.0. The first-order chi connectivity index (χ1) is 14.1. The molecule has 0 N–H and O–H groups in total. The summed E-state index contributed by atoms with van der Waals surface area (Å²) in [4.78, 5) is 15.7. The van der Waals surface area contributed by atoms with Gasteiger partial charge in [0, 0.05) is 12.1 Å². The average Bonchev–Trinajstić information content (AvgIpc) is 3.44. The van der Waals surface area contributed by atoms with Crippen LogP contribution < -0.4 is 9.47 Å². The standard InChI is InChI=1S/C24H27NO4/c1-27-20-12-18-19(13-21(20)28-2)23-24(29-23,22(18)26)14-16-8-10-25(11-9-16)15-17-6-4-3-5-7-17/h3-7,12-13,16,23H,8-11,14-15H2,1-2H3. The summed E-state index contributed by atoms with van der Waals surface area (Å²) in [7, 11) is 3.21. The molecule has 0 aromatic heterocycles. The van der Waals surface area contributed by atoms with Gasteiger partial charge in [0.2, 0.25) is 0 Å². The smallest absolute Gasteiger partial charge is 0.198 e. The fraction of sp³-hybridized carbons (Fsp3) is 0.458. The molecule has 2 fully saturated rings.